The smallest absolute Gasteiger partial charge is 0.0223 e. The fourth-order valence-electron chi connectivity index (χ4n) is 0.988. The average molecular weight is 178 g/mol. The minimum absolute atomic E-state index is 0.713. The second kappa shape index (κ2) is 6.93. The lowest BCUT2D eigenvalue weighted by molar-refractivity contribution is 0.248. The van der Waals surface area contributed by atoms with E-state index in [4.69, 9.17) is 11.6 Å². The van der Waals surface area contributed by atoms with Gasteiger partial charge in [0, 0.05) is 11.9 Å². The van der Waals surface area contributed by atoms with Gasteiger partial charge in [-0.1, -0.05) is 6.92 Å². The van der Waals surface area contributed by atoms with Crippen molar-refractivity contribution in [3.05, 3.63) is 0 Å². The third kappa shape index (κ3) is 5.51. The summed E-state index contributed by atoms with van der Waals surface area (Å²) in [6, 6.07) is 0.713. The standard InChI is InChI=1S/C9H20ClN/c1-4-9(2)11(3)8-6-5-7-10/h9H,4-8H2,1-3H3. The van der Waals surface area contributed by atoms with Crippen LogP contribution in [0.1, 0.15) is 33.1 Å². The number of rotatable bonds is 6. The fourth-order valence-corrected chi connectivity index (χ4v) is 1.18. The molecule has 0 aliphatic rings. The van der Waals surface area contributed by atoms with Crippen LogP contribution in [0.2, 0.25) is 0 Å². The van der Waals surface area contributed by atoms with Gasteiger partial charge in [-0.15, -0.1) is 11.6 Å². The first-order chi connectivity index (χ1) is 5.22. The lowest BCUT2D eigenvalue weighted by atomic mass is 10.2. The van der Waals surface area contributed by atoms with Crippen LogP contribution in [0.3, 0.4) is 0 Å². The second-order valence-corrected chi connectivity index (χ2v) is 3.51. The third-order valence-corrected chi connectivity index (χ3v) is 2.50. The van der Waals surface area contributed by atoms with Gasteiger partial charge < -0.3 is 4.90 Å². The largest absolute Gasteiger partial charge is 0.304 e. The van der Waals surface area contributed by atoms with Gasteiger partial charge in [0.1, 0.15) is 0 Å². The van der Waals surface area contributed by atoms with E-state index in [2.05, 4.69) is 25.8 Å². The van der Waals surface area contributed by atoms with Gasteiger partial charge in [-0.3, -0.25) is 0 Å². The first kappa shape index (κ1) is 11.2. The van der Waals surface area contributed by atoms with E-state index in [-0.39, 0.29) is 0 Å². The van der Waals surface area contributed by atoms with E-state index in [1.165, 1.54) is 19.4 Å². The minimum Gasteiger partial charge on any atom is -0.304 e. The highest BCUT2D eigenvalue weighted by atomic mass is 35.5. The molecule has 0 aromatic rings. The van der Waals surface area contributed by atoms with Crippen molar-refractivity contribution in [3.63, 3.8) is 0 Å². The molecule has 2 heteroatoms. The average Bonchev–Trinajstić information content (AvgIpc) is 2.03. The molecule has 0 aromatic heterocycles. The summed E-state index contributed by atoms with van der Waals surface area (Å²) in [5.41, 5.74) is 0. The number of alkyl halides is 1. The van der Waals surface area contributed by atoms with Crippen LogP contribution in [0.5, 0.6) is 0 Å². The van der Waals surface area contributed by atoms with Crippen LogP contribution in [0.25, 0.3) is 0 Å². The van der Waals surface area contributed by atoms with Crippen molar-refractivity contribution in [3.8, 4) is 0 Å². The number of nitrogens with zero attached hydrogens (tertiary/aromatic N) is 1. The Morgan fingerprint density at radius 2 is 2.00 bits per heavy atom. The molecule has 0 heterocycles. The van der Waals surface area contributed by atoms with Gasteiger partial charge in [-0.2, -0.15) is 0 Å². The van der Waals surface area contributed by atoms with Crippen LogP contribution < -0.4 is 0 Å². The van der Waals surface area contributed by atoms with Crippen molar-refractivity contribution in [1.29, 1.82) is 0 Å². The first-order valence-corrected chi connectivity index (χ1v) is 5.02. The summed E-state index contributed by atoms with van der Waals surface area (Å²) in [6.07, 6.45) is 3.60. The number of unbranched alkanes of at least 4 members (excludes halogenated alkanes) is 1. The molecule has 0 aliphatic carbocycles. The van der Waals surface area contributed by atoms with Gasteiger partial charge in [0.15, 0.2) is 0 Å². The van der Waals surface area contributed by atoms with E-state index in [9.17, 15) is 0 Å². The summed E-state index contributed by atoms with van der Waals surface area (Å²) in [5, 5.41) is 0. The van der Waals surface area contributed by atoms with Crippen LogP contribution in [0.4, 0.5) is 0 Å². The minimum atomic E-state index is 0.713. The quantitative estimate of drug-likeness (QED) is 0.446. The Labute approximate surface area is 75.7 Å². The monoisotopic (exact) mass is 177 g/mol. The zero-order valence-corrected chi connectivity index (χ0v) is 8.69. The van der Waals surface area contributed by atoms with Crippen molar-refractivity contribution < 1.29 is 0 Å². The SMILES string of the molecule is CCC(C)N(C)CCCCCl. The van der Waals surface area contributed by atoms with Crippen LogP contribution >= 0.6 is 11.6 Å². The van der Waals surface area contributed by atoms with Crippen molar-refractivity contribution in [1.82, 2.24) is 4.90 Å². The zero-order valence-electron chi connectivity index (χ0n) is 7.94. The van der Waals surface area contributed by atoms with Crippen LogP contribution in [-0.2, 0) is 0 Å². The Kier molecular flexibility index (Phi) is 7.09. The molecule has 11 heavy (non-hydrogen) atoms. The maximum atomic E-state index is 5.58. The van der Waals surface area contributed by atoms with Crippen LogP contribution in [-0.4, -0.2) is 30.4 Å². The van der Waals surface area contributed by atoms with Gasteiger partial charge in [-0.05, 0) is 39.8 Å². The molecule has 1 unspecified atom stereocenters. The zero-order chi connectivity index (χ0) is 8.69. The van der Waals surface area contributed by atoms with Gasteiger partial charge in [0.2, 0.25) is 0 Å². The number of halogens is 1. The maximum absolute atomic E-state index is 5.58. The summed E-state index contributed by atoms with van der Waals surface area (Å²) in [5.74, 6) is 0.800. The molecule has 1 atom stereocenters. The summed E-state index contributed by atoms with van der Waals surface area (Å²) >= 11 is 5.58. The Morgan fingerprint density at radius 1 is 1.36 bits per heavy atom. The van der Waals surface area contributed by atoms with Crippen molar-refractivity contribution in [2.75, 3.05) is 19.5 Å². The number of hydrogen-bond acceptors (Lipinski definition) is 1. The molecule has 0 bridgehead atoms. The molecule has 0 amide bonds. The van der Waals surface area contributed by atoms with E-state index in [1.807, 2.05) is 0 Å². The van der Waals surface area contributed by atoms with Crippen molar-refractivity contribution in [2.24, 2.45) is 0 Å². The molecule has 0 radical (unpaired) electrons. The predicted molar refractivity (Wildman–Crippen MR) is 52.3 cm³/mol. The predicted octanol–water partition coefficient (Wildman–Crippen LogP) is 2.74. The first-order valence-electron chi connectivity index (χ1n) is 4.48. The Balaban J connectivity index is 3.28. The molecular weight excluding hydrogens is 158 g/mol. The fraction of sp³-hybridized carbons (Fsp3) is 1.00. The molecule has 1 nitrogen and oxygen atoms in total. The third-order valence-electron chi connectivity index (χ3n) is 2.24. The molecule has 0 spiro atoms. The highest BCUT2D eigenvalue weighted by molar-refractivity contribution is 6.17. The van der Waals surface area contributed by atoms with E-state index in [0.29, 0.717) is 6.04 Å². The van der Waals surface area contributed by atoms with Crippen LogP contribution in [0.15, 0.2) is 0 Å². The lowest BCUT2D eigenvalue weighted by Crippen LogP contribution is -2.29. The molecule has 0 fully saturated rings. The molecule has 0 aromatic carbocycles. The number of hydrogen-bond donors (Lipinski definition) is 0. The van der Waals surface area contributed by atoms with E-state index in [0.717, 1.165) is 12.3 Å². The van der Waals surface area contributed by atoms with Gasteiger partial charge >= 0.3 is 0 Å². The van der Waals surface area contributed by atoms with Gasteiger partial charge in [-0.25, -0.2) is 0 Å². The van der Waals surface area contributed by atoms with Crippen molar-refractivity contribution >= 4 is 11.6 Å². The highest BCUT2D eigenvalue weighted by Crippen LogP contribution is 2.02. The Bertz CT molecular complexity index is 85.6. The summed E-state index contributed by atoms with van der Waals surface area (Å²) in [4.78, 5) is 2.40. The Morgan fingerprint density at radius 3 is 2.45 bits per heavy atom. The highest BCUT2D eigenvalue weighted by Gasteiger charge is 2.04. The van der Waals surface area contributed by atoms with E-state index < -0.39 is 0 Å². The lowest BCUT2D eigenvalue weighted by Gasteiger charge is -2.22. The molecule has 0 aliphatic heterocycles. The molecule has 0 N–H and O–H groups in total. The summed E-state index contributed by atoms with van der Waals surface area (Å²) < 4.78 is 0. The topological polar surface area (TPSA) is 3.24 Å². The molecule has 0 saturated heterocycles. The molecule has 68 valence electrons. The molecular formula is C9H20ClN. The molecule has 0 rings (SSSR count). The summed E-state index contributed by atoms with van der Waals surface area (Å²) in [6.45, 7) is 5.67. The normalized spacial score (nSPS) is 13.9. The van der Waals surface area contributed by atoms with E-state index >= 15 is 0 Å². The van der Waals surface area contributed by atoms with Gasteiger partial charge in [0.25, 0.3) is 0 Å². The van der Waals surface area contributed by atoms with Gasteiger partial charge in [0.05, 0.1) is 0 Å². The van der Waals surface area contributed by atoms with E-state index in [1.54, 1.807) is 0 Å². The maximum Gasteiger partial charge on any atom is 0.0223 e. The Hall–Kier alpha value is 0.250. The van der Waals surface area contributed by atoms with Crippen molar-refractivity contribution in [2.45, 2.75) is 39.2 Å². The summed E-state index contributed by atoms with van der Waals surface area (Å²) in [7, 11) is 2.18. The molecule has 0 saturated carbocycles. The van der Waals surface area contributed by atoms with Crippen LogP contribution in [0, 0.1) is 0 Å². The second-order valence-electron chi connectivity index (χ2n) is 3.13.